The Morgan fingerprint density at radius 3 is 1.48 bits per heavy atom. The van der Waals surface area contributed by atoms with Gasteiger partial charge in [-0.3, -0.25) is 4.90 Å². The number of terminal acetylenes is 1. The molecule has 0 radical (unpaired) electrons. The average molecular weight is 720 g/mol. The van der Waals surface area contributed by atoms with Crippen molar-refractivity contribution in [3.05, 3.63) is 22.7 Å². The molecule has 9 nitrogen and oxygen atoms in total. The highest BCUT2D eigenvalue weighted by Crippen LogP contribution is 2.63. The second-order valence-electron chi connectivity index (χ2n) is 16.0. The van der Waals surface area contributed by atoms with Crippen molar-refractivity contribution >= 4 is 0 Å². The quantitative estimate of drug-likeness (QED) is 0.169. The molecule has 4 bridgehead atoms. The van der Waals surface area contributed by atoms with E-state index in [1.54, 1.807) is 13.8 Å². The molecule has 0 aromatic rings. The van der Waals surface area contributed by atoms with Gasteiger partial charge in [-0.2, -0.15) is 26.3 Å². The minimum Gasteiger partial charge on any atom is -0.456 e. The number of allylic oxidation sites excluding steroid dienone is 2. The van der Waals surface area contributed by atoms with Crippen LogP contribution in [0.15, 0.2) is 22.7 Å². The Kier molecular flexibility index (Phi) is 8.03. The lowest BCUT2D eigenvalue weighted by atomic mass is 9.59. The zero-order valence-electron chi connectivity index (χ0n) is 28.5. The molecule has 2 saturated carbocycles. The zero-order valence-corrected chi connectivity index (χ0v) is 28.5. The molecule has 0 amide bonds. The van der Waals surface area contributed by atoms with Gasteiger partial charge in [0.05, 0.1) is 6.54 Å². The van der Waals surface area contributed by atoms with Crippen LogP contribution >= 0.6 is 0 Å². The predicted molar refractivity (Wildman–Crippen MR) is 159 cm³/mol. The molecule has 0 aromatic heterocycles. The average Bonchev–Trinajstić information content (AvgIpc) is 3.40. The normalized spacial score (nSPS) is 46.8. The van der Waals surface area contributed by atoms with Crippen molar-refractivity contribution in [2.75, 3.05) is 19.6 Å². The lowest BCUT2D eigenvalue weighted by Gasteiger charge is -2.58. The van der Waals surface area contributed by atoms with Crippen LogP contribution in [0, 0.1) is 47.9 Å². The van der Waals surface area contributed by atoms with Crippen LogP contribution in [0.4, 0.5) is 26.3 Å². The van der Waals surface area contributed by atoms with E-state index in [0.29, 0.717) is 51.4 Å². The molecule has 8 aliphatic heterocycles. The molecule has 278 valence electrons. The minimum atomic E-state index is -4.94. The Morgan fingerprint density at radius 1 is 0.680 bits per heavy atom. The van der Waals surface area contributed by atoms with Crippen LogP contribution in [0.1, 0.15) is 79.1 Å². The molecule has 6 saturated heterocycles. The summed E-state index contributed by atoms with van der Waals surface area (Å²) in [5.41, 5.74) is -3.08. The summed E-state index contributed by atoms with van der Waals surface area (Å²) in [6, 6.07) is 0. The fourth-order valence-electron chi connectivity index (χ4n) is 10.6. The molecule has 10 aliphatic rings. The third-order valence-corrected chi connectivity index (χ3v) is 12.9. The summed E-state index contributed by atoms with van der Waals surface area (Å²) in [5, 5.41) is 0. The Morgan fingerprint density at radius 2 is 1.10 bits per heavy atom. The van der Waals surface area contributed by atoms with Gasteiger partial charge in [-0.05, 0) is 75.4 Å². The van der Waals surface area contributed by atoms with Crippen molar-refractivity contribution in [2.24, 2.45) is 35.5 Å². The maximum Gasteiger partial charge on any atom is 0.449 e. The van der Waals surface area contributed by atoms with Gasteiger partial charge in [0.1, 0.15) is 0 Å². The molecule has 50 heavy (non-hydrogen) atoms. The van der Waals surface area contributed by atoms with Gasteiger partial charge >= 0.3 is 12.4 Å². The van der Waals surface area contributed by atoms with Gasteiger partial charge in [-0.1, -0.05) is 19.8 Å². The summed E-state index contributed by atoms with van der Waals surface area (Å²) in [7, 11) is 0. The fraction of sp³-hybridized carbons (Fsp3) is 0.829. The molecular formula is C35H43F6NO8. The van der Waals surface area contributed by atoms with E-state index < -0.39 is 84.2 Å². The van der Waals surface area contributed by atoms with Gasteiger partial charge in [0.25, 0.3) is 0 Å². The first-order chi connectivity index (χ1) is 23.4. The van der Waals surface area contributed by atoms with Crippen LogP contribution in [0.5, 0.6) is 0 Å². The predicted octanol–water partition coefficient (Wildman–Crippen LogP) is 7.05. The van der Waals surface area contributed by atoms with E-state index in [2.05, 4.69) is 5.92 Å². The van der Waals surface area contributed by atoms with E-state index in [0.717, 1.165) is 0 Å². The van der Waals surface area contributed by atoms with E-state index in [-0.39, 0.29) is 41.4 Å². The highest BCUT2D eigenvalue weighted by Gasteiger charge is 2.72. The minimum absolute atomic E-state index is 0.0644. The van der Waals surface area contributed by atoms with Crippen molar-refractivity contribution < 1.29 is 64.8 Å². The summed E-state index contributed by atoms with van der Waals surface area (Å²) >= 11 is 0. The molecular weight excluding hydrogens is 676 g/mol. The number of rotatable bonds is 5. The van der Waals surface area contributed by atoms with Crippen LogP contribution in [0.2, 0.25) is 0 Å². The van der Waals surface area contributed by atoms with Gasteiger partial charge in [0.2, 0.25) is 35.7 Å². The van der Waals surface area contributed by atoms with Crippen LogP contribution in [-0.2, 0) is 38.5 Å². The first-order valence-corrected chi connectivity index (χ1v) is 17.6. The van der Waals surface area contributed by atoms with Crippen molar-refractivity contribution in [1.29, 1.82) is 0 Å². The van der Waals surface area contributed by atoms with Crippen molar-refractivity contribution in [2.45, 2.75) is 127 Å². The molecule has 8 fully saturated rings. The Hall–Kier alpha value is -2.06. The van der Waals surface area contributed by atoms with Crippen LogP contribution in [0.3, 0.4) is 0 Å². The topological polar surface area (TPSA) is 77.1 Å². The summed E-state index contributed by atoms with van der Waals surface area (Å²) in [5.74, 6) is -4.71. The summed E-state index contributed by atoms with van der Waals surface area (Å²) in [4.78, 5) is 25.1. The molecule has 0 N–H and O–H groups in total. The summed E-state index contributed by atoms with van der Waals surface area (Å²) in [6.07, 6.45) is -3.16. The van der Waals surface area contributed by atoms with E-state index in [4.69, 9.17) is 44.9 Å². The number of hydrogen-bond acceptors (Lipinski definition) is 9. The first-order valence-electron chi connectivity index (χ1n) is 17.6. The van der Waals surface area contributed by atoms with E-state index in [1.807, 2.05) is 13.8 Å². The molecule has 0 unspecified atom stereocenters. The molecule has 15 heteroatoms. The molecule has 2 spiro atoms. The maximum absolute atomic E-state index is 15.0. The monoisotopic (exact) mass is 719 g/mol. The third kappa shape index (κ3) is 5.10. The molecule has 2 aliphatic carbocycles. The van der Waals surface area contributed by atoms with Gasteiger partial charge in [0.15, 0.2) is 11.2 Å². The van der Waals surface area contributed by atoms with Gasteiger partial charge < -0.3 is 18.9 Å². The second kappa shape index (κ2) is 11.5. The maximum atomic E-state index is 15.0. The van der Waals surface area contributed by atoms with Crippen molar-refractivity contribution in [1.82, 2.24) is 4.90 Å². The lowest BCUT2D eigenvalue weighted by Crippen LogP contribution is -2.68. The van der Waals surface area contributed by atoms with E-state index in [1.165, 1.54) is 4.90 Å². The SMILES string of the molecule is C#CCN(CC1=C(C(F)(F)F)O[C@@H]2O[C@]3(C)CC[C@H]4[C@H](C)CC[C@@H]1[C@@]24OO3)CC1=C(C(F)(F)F)O[C@@H]2O[C@]3(C)CC[C@H]4[C@H](C)CC[C@@H]1[C@@]24OO3. The highest BCUT2D eigenvalue weighted by molar-refractivity contribution is 5.32. The second-order valence-corrected chi connectivity index (χ2v) is 16.0. The smallest absolute Gasteiger partial charge is 0.449 e. The third-order valence-electron chi connectivity index (χ3n) is 12.9. The van der Waals surface area contributed by atoms with Crippen LogP contribution < -0.4 is 0 Å². The van der Waals surface area contributed by atoms with E-state index in [9.17, 15) is 26.3 Å². The standard InChI is InChI=1S/C35H43F6NO8/c1-6-15-42(16-20-24-9-7-18(2)22-11-13-30(4)45-28(32(22,24)49-47-30)43-26(20)34(36,37)38)17-21-25-10-8-19(3)23-12-14-31(5)46-29(33(23,25)50-48-31)44-27(21)35(39,40)41/h1,18-19,22-25,28-29H,7-17H2,2-5H3/t18-,19-,22+,23+,24+,25+,28-,29-,30+,31+,32-,33-/m1/s1. The van der Waals surface area contributed by atoms with E-state index >= 15 is 0 Å². The molecule has 10 rings (SSSR count). The highest BCUT2D eigenvalue weighted by atomic mass is 19.4. The van der Waals surface area contributed by atoms with Gasteiger partial charge in [-0.15, -0.1) is 6.42 Å². The Bertz CT molecular complexity index is 1410. The van der Waals surface area contributed by atoms with Crippen LogP contribution in [0.25, 0.3) is 0 Å². The lowest BCUT2D eigenvalue weighted by molar-refractivity contribution is -0.558. The number of halogens is 6. The zero-order chi connectivity index (χ0) is 35.6. The number of alkyl halides is 6. The number of ether oxygens (including phenoxy) is 4. The van der Waals surface area contributed by atoms with Gasteiger partial charge in [0, 0.05) is 49.6 Å². The molecule has 0 aromatic carbocycles. The number of fused-ring (bicyclic) bond motifs is 4. The fourth-order valence-corrected chi connectivity index (χ4v) is 10.6. The number of nitrogens with zero attached hydrogens (tertiary/aromatic N) is 1. The molecule has 8 heterocycles. The Labute approximate surface area is 286 Å². The summed E-state index contributed by atoms with van der Waals surface area (Å²) in [6.45, 7) is 6.14. The first kappa shape index (κ1) is 35.0. The van der Waals surface area contributed by atoms with Gasteiger partial charge in [-0.25, -0.2) is 19.6 Å². The molecule has 12 atom stereocenters. The van der Waals surface area contributed by atoms with Crippen LogP contribution in [-0.4, -0.2) is 72.2 Å². The Balaban J connectivity index is 1.21. The van der Waals surface area contributed by atoms with Crippen molar-refractivity contribution in [3.63, 3.8) is 0 Å². The van der Waals surface area contributed by atoms with Crippen molar-refractivity contribution in [3.8, 4) is 12.3 Å². The number of hydrogen-bond donors (Lipinski definition) is 0. The summed E-state index contributed by atoms with van der Waals surface area (Å²) < 4.78 is 114. The largest absolute Gasteiger partial charge is 0.456 e.